The van der Waals surface area contributed by atoms with Crippen LogP contribution in [0.15, 0.2) is 0 Å². The van der Waals surface area contributed by atoms with E-state index in [4.69, 9.17) is 0 Å². The van der Waals surface area contributed by atoms with Crippen molar-refractivity contribution in [3.8, 4) is 0 Å². The second-order valence-corrected chi connectivity index (χ2v) is 6.51. The third kappa shape index (κ3) is 5.26. The average Bonchev–Trinajstić information content (AvgIpc) is 2.16. The van der Waals surface area contributed by atoms with E-state index in [0.29, 0.717) is 6.04 Å². The maximum atomic E-state index is 3.51. The van der Waals surface area contributed by atoms with Gasteiger partial charge in [-0.25, -0.2) is 0 Å². The second-order valence-electron chi connectivity index (χ2n) is 4.77. The molecule has 1 atom stereocenters. The van der Waals surface area contributed by atoms with Gasteiger partial charge < -0.3 is 5.32 Å². The highest BCUT2D eigenvalue weighted by atomic mass is 32.2. The monoisotopic (exact) mass is 215 g/mol. The van der Waals surface area contributed by atoms with E-state index in [1.807, 2.05) is 0 Å². The van der Waals surface area contributed by atoms with Gasteiger partial charge in [0, 0.05) is 23.1 Å². The average molecular weight is 215 g/mol. The fourth-order valence-electron chi connectivity index (χ4n) is 1.98. The number of rotatable bonds is 5. The first-order valence-corrected chi connectivity index (χ1v) is 7.01. The van der Waals surface area contributed by atoms with Gasteiger partial charge in [-0.2, -0.15) is 11.8 Å². The summed E-state index contributed by atoms with van der Waals surface area (Å²) >= 11 is 2.20. The lowest BCUT2D eigenvalue weighted by Gasteiger charge is -2.25. The highest BCUT2D eigenvalue weighted by Crippen LogP contribution is 2.30. The molecule has 0 radical (unpaired) electrons. The molecule has 84 valence electrons. The van der Waals surface area contributed by atoms with E-state index in [-0.39, 0.29) is 0 Å². The topological polar surface area (TPSA) is 12.0 Å². The summed E-state index contributed by atoms with van der Waals surface area (Å²) in [5, 5.41) is 5.24. The van der Waals surface area contributed by atoms with Gasteiger partial charge in [0.2, 0.25) is 0 Å². The van der Waals surface area contributed by atoms with Crippen LogP contribution in [0.2, 0.25) is 0 Å². The van der Waals surface area contributed by atoms with Crippen molar-refractivity contribution in [2.24, 2.45) is 0 Å². The molecule has 1 rings (SSSR count). The van der Waals surface area contributed by atoms with Crippen LogP contribution in [0.1, 0.15) is 52.9 Å². The fourth-order valence-corrected chi connectivity index (χ4v) is 3.43. The highest BCUT2D eigenvalue weighted by Gasteiger charge is 2.16. The number of hydrogen-bond donors (Lipinski definition) is 1. The Labute approximate surface area is 93.4 Å². The predicted molar refractivity (Wildman–Crippen MR) is 67.1 cm³/mol. The molecule has 1 unspecified atom stereocenters. The molecule has 1 saturated carbocycles. The van der Waals surface area contributed by atoms with E-state index >= 15 is 0 Å². The van der Waals surface area contributed by atoms with Crippen molar-refractivity contribution < 1.29 is 0 Å². The van der Waals surface area contributed by atoms with Gasteiger partial charge in [0.1, 0.15) is 0 Å². The Morgan fingerprint density at radius 2 is 1.79 bits per heavy atom. The van der Waals surface area contributed by atoms with Gasteiger partial charge in [0.05, 0.1) is 0 Å². The lowest BCUT2D eigenvalue weighted by Crippen LogP contribution is -2.30. The summed E-state index contributed by atoms with van der Waals surface area (Å²) in [5.74, 6) is 0. The van der Waals surface area contributed by atoms with Crippen molar-refractivity contribution in [1.82, 2.24) is 5.32 Å². The Morgan fingerprint density at radius 1 is 1.14 bits per heavy atom. The number of nitrogens with one attached hydrogen (secondary N) is 1. The van der Waals surface area contributed by atoms with Crippen LogP contribution in [0.3, 0.4) is 0 Å². The van der Waals surface area contributed by atoms with Crippen molar-refractivity contribution in [3.63, 3.8) is 0 Å². The molecule has 1 aliphatic rings. The Bertz CT molecular complexity index is 141. The minimum absolute atomic E-state index is 0.629. The predicted octanol–water partition coefficient (Wildman–Crippen LogP) is 3.44. The largest absolute Gasteiger partial charge is 0.313 e. The second kappa shape index (κ2) is 6.73. The van der Waals surface area contributed by atoms with Crippen LogP contribution < -0.4 is 5.32 Å². The van der Waals surface area contributed by atoms with Crippen molar-refractivity contribution >= 4 is 11.8 Å². The molecule has 0 aromatic heterocycles. The van der Waals surface area contributed by atoms with Crippen molar-refractivity contribution in [2.75, 3.05) is 6.54 Å². The van der Waals surface area contributed by atoms with Gasteiger partial charge in [-0.05, 0) is 12.8 Å². The van der Waals surface area contributed by atoms with Gasteiger partial charge in [0.15, 0.2) is 0 Å². The van der Waals surface area contributed by atoms with E-state index in [1.54, 1.807) is 0 Å². The van der Waals surface area contributed by atoms with Crippen LogP contribution >= 0.6 is 11.8 Å². The summed E-state index contributed by atoms with van der Waals surface area (Å²) in [6.07, 6.45) is 7.30. The van der Waals surface area contributed by atoms with Gasteiger partial charge >= 0.3 is 0 Å². The first-order valence-electron chi connectivity index (χ1n) is 6.07. The van der Waals surface area contributed by atoms with Gasteiger partial charge in [-0.15, -0.1) is 0 Å². The smallest absolute Gasteiger partial charge is 0.0147 e. The molecule has 14 heavy (non-hydrogen) atoms. The molecule has 1 N–H and O–H groups in total. The number of thioether (sulfide) groups is 1. The zero-order chi connectivity index (χ0) is 10.4. The van der Waals surface area contributed by atoms with E-state index < -0.39 is 0 Å². The molecular formula is C12H25NS. The molecule has 1 nitrogen and oxygen atoms in total. The molecule has 1 aliphatic carbocycles. The molecule has 0 aliphatic heterocycles. The van der Waals surface area contributed by atoms with E-state index in [0.717, 1.165) is 10.5 Å². The minimum atomic E-state index is 0.629. The van der Waals surface area contributed by atoms with Crippen LogP contribution in [0.5, 0.6) is 0 Å². The molecule has 0 heterocycles. The Morgan fingerprint density at radius 3 is 2.36 bits per heavy atom. The lowest BCUT2D eigenvalue weighted by atomic mass is 10.0. The van der Waals surface area contributed by atoms with Gasteiger partial charge in [-0.3, -0.25) is 0 Å². The molecule has 2 heteroatoms. The minimum Gasteiger partial charge on any atom is -0.313 e. The quantitative estimate of drug-likeness (QED) is 0.754. The summed E-state index contributed by atoms with van der Waals surface area (Å²) in [7, 11) is 0. The molecule has 0 saturated heterocycles. The normalized spacial score (nSPS) is 21.4. The number of hydrogen-bond acceptors (Lipinski definition) is 2. The zero-order valence-corrected chi connectivity index (χ0v) is 10.7. The molecule has 1 fully saturated rings. The van der Waals surface area contributed by atoms with Crippen LogP contribution in [-0.4, -0.2) is 23.1 Å². The third-order valence-corrected chi connectivity index (χ3v) is 4.28. The van der Waals surface area contributed by atoms with Crippen LogP contribution in [0.4, 0.5) is 0 Å². The summed E-state index contributed by atoms with van der Waals surface area (Å²) in [6.45, 7) is 7.96. The van der Waals surface area contributed by atoms with Crippen molar-refractivity contribution in [1.29, 1.82) is 0 Å². The van der Waals surface area contributed by atoms with Crippen LogP contribution in [0, 0.1) is 0 Å². The third-order valence-electron chi connectivity index (χ3n) is 2.79. The molecule has 0 amide bonds. The van der Waals surface area contributed by atoms with Crippen LogP contribution in [-0.2, 0) is 0 Å². The zero-order valence-electron chi connectivity index (χ0n) is 9.88. The van der Waals surface area contributed by atoms with E-state index in [9.17, 15) is 0 Å². The molecule has 0 aromatic carbocycles. The SMILES string of the molecule is CC(C)NCC(C)SC1CCCCC1. The molecular weight excluding hydrogens is 190 g/mol. The highest BCUT2D eigenvalue weighted by molar-refractivity contribution is 8.00. The van der Waals surface area contributed by atoms with Gasteiger partial charge in [-0.1, -0.05) is 40.0 Å². The summed E-state index contributed by atoms with van der Waals surface area (Å²) in [5.41, 5.74) is 0. The summed E-state index contributed by atoms with van der Waals surface area (Å²) < 4.78 is 0. The molecule has 0 aromatic rings. The Kier molecular flexibility index (Phi) is 5.95. The summed E-state index contributed by atoms with van der Waals surface area (Å²) in [4.78, 5) is 0. The van der Waals surface area contributed by atoms with Crippen molar-refractivity contribution in [3.05, 3.63) is 0 Å². The lowest BCUT2D eigenvalue weighted by molar-refractivity contribution is 0.513. The van der Waals surface area contributed by atoms with E-state index in [1.165, 1.54) is 38.6 Å². The Balaban J connectivity index is 2.09. The van der Waals surface area contributed by atoms with Crippen LogP contribution in [0.25, 0.3) is 0 Å². The van der Waals surface area contributed by atoms with E-state index in [2.05, 4.69) is 37.8 Å². The van der Waals surface area contributed by atoms with Crippen molar-refractivity contribution in [2.45, 2.75) is 69.4 Å². The first-order chi connectivity index (χ1) is 6.68. The standard InChI is InChI=1S/C12H25NS/c1-10(2)13-9-11(3)14-12-7-5-4-6-8-12/h10-13H,4-9H2,1-3H3. The Hall–Kier alpha value is 0.310. The maximum Gasteiger partial charge on any atom is 0.0147 e. The first kappa shape index (κ1) is 12.4. The maximum absolute atomic E-state index is 3.51. The fraction of sp³-hybridized carbons (Fsp3) is 1.00. The molecule has 0 bridgehead atoms. The van der Waals surface area contributed by atoms with Gasteiger partial charge in [0.25, 0.3) is 0 Å². The molecule has 0 spiro atoms. The summed E-state index contributed by atoms with van der Waals surface area (Å²) in [6, 6.07) is 0.629.